The number of amides is 1. The van der Waals surface area contributed by atoms with Crippen LogP contribution >= 0.6 is 11.3 Å². The number of carbonyl (C=O) groups is 1. The van der Waals surface area contributed by atoms with E-state index in [1.165, 1.54) is 30.4 Å². The van der Waals surface area contributed by atoms with Gasteiger partial charge >= 0.3 is 0 Å². The van der Waals surface area contributed by atoms with Crippen molar-refractivity contribution in [3.8, 4) is 0 Å². The predicted octanol–water partition coefficient (Wildman–Crippen LogP) is 2.74. The molecule has 1 amide bonds. The van der Waals surface area contributed by atoms with E-state index >= 15 is 0 Å². The van der Waals surface area contributed by atoms with Crippen LogP contribution in [0.15, 0.2) is 51.8 Å². The Morgan fingerprint density at radius 2 is 1.96 bits per heavy atom. The zero-order valence-electron chi connectivity index (χ0n) is 15.2. The first-order valence-corrected chi connectivity index (χ1v) is 10.5. The van der Waals surface area contributed by atoms with Crippen LogP contribution in [0.1, 0.15) is 6.92 Å². The lowest BCUT2D eigenvalue weighted by molar-refractivity contribution is -0.114. The minimum atomic E-state index is -4.02. The summed E-state index contributed by atoms with van der Waals surface area (Å²) in [6, 6.07) is 9.78. The Morgan fingerprint density at radius 1 is 1.25 bits per heavy atom. The van der Waals surface area contributed by atoms with Gasteiger partial charge in [0.2, 0.25) is 10.7 Å². The van der Waals surface area contributed by atoms with Gasteiger partial charge in [0.25, 0.3) is 10.0 Å². The first kappa shape index (κ1) is 20.2. The van der Waals surface area contributed by atoms with E-state index in [-0.39, 0.29) is 15.6 Å². The summed E-state index contributed by atoms with van der Waals surface area (Å²) in [6.07, 6.45) is 0. The second-order valence-corrected chi connectivity index (χ2v) is 8.53. The Labute approximate surface area is 165 Å². The normalized spacial score (nSPS) is 12.5. The van der Waals surface area contributed by atoms with Gasteiger partial charge in [-0.3, -0.25) is 4.79 Å². The fourth-order valence-electron chi connectivity index (χ4n) is 2.59. The van der Waals surface area contributed by atoms with E-state index in [0.29, 0.717) is 18.8 Å². The molecule has 0 radical (unpaired) electrons. The molecule has 1 N–H and O–H groups in total. The molecule has 28 heavy (non-hydrogen) atoms. The molecule has 1 aromatic heterocycles. The van der Waals surface area contributed by atoms with Crippen molar-refractivity contribution < 1.29 is 22.3 Å². The first-order valence-electron chi connectivity index (χ1n) is 8.26. The molecule has 0 aliphatic rings. The standard InChI is InChI=1S/C18H18FN3O4S2/c1-12(23)20-14-5-8-16-17(11-14)27-18(22(16)9-10-26-2)21-28(24,25)15-6-3-13(19)4-7-15/h3-8,11H,9-10H2,1-2H3,(H,20,23). The summed E-state index contributed by atoms with van der Waals surface area (Å²) >= 11 is 1.18. The van der Waals surface area contributed by atoms with Gasteiger partial charge in [0.05, 0.1) is 21.7 Å². The number of anilines is 1. The number of aromatic nitrogens is 1. The van der Waals surface area contributed by atoms with Crippen molar-refractivity contribution in [1.82, 2.24) is 4.57 Å². The highest BCUT2D eigenvalue weighted by Gasteiger charge is 2.15. The van der Waals surface area contributed by atoms with Gasteiger partial charge in [-0.2, -0.15) is 8.42 Å². The highest BCUT2D eigenvalue weighted by atomic mass is 32.2. The third-order valence-electron chi connectivity index (χ3n) is 3.83. The maximum Gasteiger partial charge on any atom is 0.285 e. The molecule has 1 heterocycles. The van der Waals surface area contributed by atoms with Gasteiger partial charge in [0.15, 0.2) is 0 Å². The summed E-state index contributed by atoms with van der Waals surface area (Å²) < 4.78 is 50.0. The highest BCUT2D eigenvalue weighted by Crippen LogP contribution is 2.23. The molecule has 0 aliphatic heterocycles. The molecule has 0 aliphatic carbocycles. The molecule has 0 atom stereocenters. The van der Waals surface area contributed by atoms with Crippen LogP contribution in [0.5, 0.6) is 0 Å². The molecule has 0 fully saturated rings. The third kappa shape index (κ3) is 4.46. The molecule has 2 aromatic carbocycles. The summed E-state index contributed by atoms with van der Waals surface area (Å²) in [4.78, 5) is 11.4. The fourth-order valence-corrected chi connectivity index (χ4v) is 4.88. The molecular formula is C18H18FN3O4S2. The average Bonchev–Trinajstić information content (AvgIpc) is 2.95. The van der Waals surface area contributed by atoms with Crippen LogP contribution in [0, 0.1) is 5.82 Å². The summed E-state index contributed by atoms with van der Waals surface area (Å²) in [6.45, 7) is 2.17. The van der Waals surface area contributed by atoms with Gasteiger partial charge < -0.3 is 14.6 Å². The Balaban J connectivity index is 2.15. The van der Waals surface area contributed by atoms with Crippen LogP contribution < -0.4 is 10.1 Å². The van der Waals surface area contributed by atoms with Crippen LogP contribution in [0.25, 0.3) is 10.2 Å². The monoisotopic (exact) mass is 423 g/mol. The minimum absolute atomic E-state index is 0.0939. The summed E-state index contributed by atoms with van der Waals surface area (Å²) in [5, 5.41) is 2.70. The number of nitrogens with one attached hydrogen (secondary N) is 1. The number of methoxy groups -OCH3 is 1. The quantitative estimate of drug-likeness (QED) is 0.660. The highest BCUT2D eigenvalue weighted by molar-refractivity contribution is 7.90. The molecule has 10 heteroatoms. The van der Waals surface area contributed by atoms with Crippen LogP contribution in [0.4, 0.5) is 10.1 Å². The molecule has 0 unspecified atom stereocenters. The molecule has 3 rings (SSSR count). The van der Waals surface area contributed by atoms with Gasteiger partial charge in [-0.05, 0) is 42.5 Å². The molecule has 0 saturated heterocycles. The maximum absolute atomic E-state index is 13.1. The van der Waals surface area contributed by atoms with E-state index < -0.39 is 15.8 Å². The Bertz CT molecular complexity index is 1180. The lowest BCUT2D eigenvalue weighted by Crippen LogP contribution is -2.19. The van der Waals surface area contributed by atoms with E-state index in [9.17, 15) is 17.6 Å². The average molecular weight is 423 g/mol. The predicted molar refractivity (Wildman–Crippen MR) is 105 cm³/mol. The van der Waals surface area contributed by atoms with Crippen LogP contribution in [0.3, 0.4) is 0 Å². The molecule has 7 nitrogen and oxygen atoms in total. The Hall–Kier alpha value is -2.56. The number of carbonyl (C=O) groups excluding carboxylic acids is 1. The molecule has 3 aromatic rings. The largest absolute Gasteiger partial charge is 0.383 e. The number of benzene rings is 2. The van der Waals surface area contributed by atoms with E-state index in [1.807, 2.05) is 0 Å². The molecular weight excluding hydrogens is 405 g/mol. The van der Waals surface area contributed by atoms with E-state index in [2.05, 4.69) is 9.71 Å². The van der Waals surface area contributed by atoms with E-state index in [4.69, 9.17) is 4.74 Å². The number of halogens is 1. The molecule has 148 valence electrons. The fraction of sp³-hybridized carbons (Fsp3) is 0.222. The topological polar surface area (TPSA) is 89.8 Å². The van der Waals surface area contributed by atoms with Crippen molar-refractivity contribution in [3.63, 3.8) is 0 Å². The van der Waals surface area contributed by atoms with Crippen molar-refractivity contribution in [3.05, 3.63) is 53.1 Å². The minimum Gasteiger partial charge on any atom is -0.383 e. The number of thiazole rings is 1. The molecule has 0 spiro atoms. The second kappa shape index (κ2) is 8.21. The summed E-state index contributed by atoms with van der Waals surface area (Å²) in [7, 11) is -2.47. The molecule has 0 saturated carbocycles. The Kier molecular flexibility index (Phi) is 5.92. The number of sulfonamides is 1. The van der Waals surface area contributed by atoms with Gasteiger partial charge in [-0.1, -0.05) is 11.3 Å². The number of ether oxygens (including phenoxy) is 1. The first-order chi connectivity index (χ1) is 13.3. The Morgan fingerprint density at radius 3 is 2.61 bits per heavy atom. The third-order valence-corrected chi connectivity index (χ3v) is 6.27. The van der Waals surface area contributed by atoms with Crippen LogP contribution in [-0.4, -0.2) is 32.6 Å². The lowest BCUT2D eigenvalue weighted by atomic mass is 10.3. The SMILES string of the molecule is COCCn1c(=NS(=O)(=O)c2ccc(F)cc2)sc2cc(NC(C)=O)ccc21. The second-order valence-electron chi connectivity index (χ2n) is 5.91. The maximum atomic E-state index is 13.1. The van der Waals surface area contributed by atoms with Gasteiger partial charge in [0, 0.05) is 26.3 Å². The van der Waals surface area contributed by atoms with Crippen molar-refractivity contribution in [2.75, 3.05) is 19.0 Å². The zero-order chi connectivity index (χ0) is 20.3. The lowest BCUT2D eigenvalue weighted by Gasteiger charge is -2.06. The van der Waals surface area contributed by atoms with E-state index in [1.54, 1.807) is 29.9 Å². The summed E-state index contributed by atoms with van der Waals surface area (Å²) in [5.74, 6) is -0.728. The summed E-state index contributed by atoms with van der Waals surface area (Å²) in [5.41, 5.74) is 1.37. The van der Waals surface area contributed by atoms with Crippen molar-refractivity contribution in [2.45, 2.75) is 18.4 Å². The molecule has 0 bridgehead atoms. The van der Waals surface area contributed by atoms with Gasteiger partial charge in [-0.25, -0.2) is 4.39 Å². The zero-order valence-corrected chi connectivity index (χ0v) is 16.8. The number of nitrogens with zero attached hydrogens (tertiary/aromatic N) is 2. The number of rotatable bonds is 6. The van der Waals surface area contributed by atoms with Crippen molar-refractivity contribution >= 4 is 43.2 Å². The number of hydrogen-bond acceptors (Lipinski definition) is 5. The van der Waals surface area contributed by atoms with Crippen LogP contribution in [-0.2, 0) is 26.1 Å². The van der Waals surface area contributed by atoms with Gasteiger partial charge in [-0.15, -0.1) is 4.40 Å². The number of fused-ring (bicyclic) bond motifs is 1. The van der Waals surface area contributed by atoms with Crippen LogP contribution in [0.2, 0.25) is 0 Å². The smallest absolute Gasteiger partial charge is 0.285 e. The van der Waals surface area contributed by atoms with Crippen molar-refractivity contribution in [1.29, 1.82) is 0 Å². The van der Waals surface area contributed by atoms with E-state index in [0.717, 1.165) is 22.3 Å². The van der Waals surface area contributed by atoms with Gasteiger partial charge in [0.1, 0.15) is 5.82 Å². The number of hydrogen-bond donors (Lipinski definition) is 1. The van der Waals surface area contributed by atoms with Crippen molar-refractivity contribution in [2.24, 2.45) is 4.40 Å².